The largest absolute Gasteiger partial charge is 0.398 e. The second kappa shape index (κ2) is 3.79. The Bertz CT molecular complexity index is 355. The standard InChI is InChI=1S/C11H17N3O/c1-14-5-3-11(15,8-14)6-9-7-13-4-2-10(9)12/h2,4,7,15H,3,5-6,8H2,1H3,(H2,12,13). The molecular formula is C11H17N3O. The highest BCUT2D eigenvalue weighted by atomic mass is 16.3. The van der Waals surface area contributed by atoms with Crippen molar-refractivity contribution in [2.75, 3.05) is 25.9 Å². The fourth-order valence-corrected chi connectivity index (χ4v) is 2.14. The van der Waals surface area contributed by atoms with Gasteiger partial charge in [-0.25, -0.2) is 0 Å². The number of nitrogen functional groups attached to an aromatic ring is 1. The Balaban J connectivity index is 2.12. The molecule has 2 rings (SSSR count). The lowest BCUT2D eigenvalue weighted by Gasteiger charge is -2.22. The van der Waals surface area contributed by atoms with Gasteiger partial charge in [0, 0.05) is 37.6 Å². The number of nitrogens with two attached hydrogens (primary N) is 1. The van der Waals surface area contributed by atoms with Crippen LogP contribution in [0.2, 0.25) is 0 Å². The Morgan fingerprint density at radius 2 is 2.47 bits per heavy atom. The maximum atomic E-state index is 10.3. The number of hydrogen-bond acceptors (Lipinski definition) is 4. The first kappa shape index (κ1) is 10.4. The van der Waals surface area contributed by atoms with Gasteiger partial charge in [0.05, 0.1) is 5.60 Å². The van der Waals surface area contributed by atoms with Crippen molar-refractivity contribution in [1.29, 1.82) is 0 Å². The van der Waals surface area contributed by atoms with Crippen LogP contribution in [0.3, 0.4) is 0 Å². The molecule has 2 heterocycles. The lowest BCUT2D eigenvalue weighted by atomic mass is 9.94. The summed E-state index contributed by atoms with van der Waals surface area (Å²) in [5, 5.41) is 10.3. The number of β-amino-alcohol motifs (C(OH)–C–C–N with tert-alkyl or cyclic N) is 1. The zero-order valence-electron chi connectivity index (χ0n) is 8.98. The molecule has 1 fully saturated rings. The van der Waals surface area contributed by atoms with E-state index in [1.54, 1.807) is 18.5 Å². The van der Waals surface area contributed by atoms with Crippen LogP contribution >= 0.6 is 0 Å². The van der Waals surface area contributed by atoms with Crippen molar-refractivity contribution in [3.63, 3.8) is 0 Å². The molecule has 0 saturated carbocycles. The number of anilines is 1. The number of likely N-dealkylation sites (N-methyl/N-ethyl adjacent to an activating group) is 1. The van der Waals surface area contributed by atoms with Gasteiger partial charge in [-0.1, -0.05) is 0 Å². The molecule has 0 amide bonds. The van der Waals surface area contributed by atoms with Gasteiger partial charge in [0.15, 0.2) is 0 Å². The van der Waals surface area contributed by atoms with E-state index in [0.29, 0.717) is 18.7 Å². The molecule has 1 aromatic rings. The van der Waals surface area contributed by atoms with E-state index in [1.165, 1.54) is 0 Å². The number of rotatable bonds is 2. The van der Waals surface area contributed by atoms with Crippen LogP contribution in [0.1, 0.15) is 12.0 Å². The van der Waals surface area contributed by atoms with Gasteiger partial charge in [-0.3, -0.25) is 4.98 Å². The minimum atomic E-state index is -0.633. The predicted octanol–water partition coefficient (Wildman–Crippen LogP) is 0.273. The third-order valence-corrected chi connectivity index (χ3v) is 2.98. The minimum Gasteiger partial charge on any atom is -0.398 e. The number of hydrogen-bond donors (Lipinski definition) is 2. The van der Waals surface area contributed by atoms with E-state index < -0.39 is 5.60 Å². The molecule has 15 heavy (non-hydrogen) atoms. The second-order valence-corrected chi connectivity index (χ2v) is 4.46. The molecule has 0 radical (unpaired) electrons. The van der Waals surface area contributed by atoms with E-state index in [9.17, 15) is 5.11 Å². The molecule has 1 aliphatic rings. The van der Waals surface area contributed by atoms with Gasteiger partial charge in [0.2, 0.25) is 0 Å². The van der Waals surface area contributed by atoms with Gasteiger partial charge >= 0.3 is 0 Å². The summed E-state index contributed by atoms with van der Waals surface area (Å²) in [7, 11) is 2.02. The normalized spacial score (nSPS) is 27.1. The van der Waals surface area contributed by atoms with Crippen molar-refractivity contribution in [2.24, 2.45) is 0 Å². The molecule has 0 bridgehead atoms. The van der Waals surface area contributed by atoms with Crippen molar-refractivity contribution in [3.8, 4) is 0 Å². The molecule has 1 atom stereocenters. The van der Waals surface area contributed by atoms with Gasteiger partial charge in [-0.15, -0.1) is 0 Å². The van der Waals surface area contributed by atoms with Gasteiger partial charge in [-0.05, 0) is 25.1 Å². The van der Waals surface area contributed by atoms with Crippen molar-refractivity contribution >= 4 is 5.69 Å². The molecule has 1 aromatic heterocycles. The summed E-state index contributed by atoms with van der Waals surface area (Å²) >= 11 is 0. The third kappa shape index (κ3) is 2.27. The zero-order chi connectivity index (χ0) is 10.9. The van der Waals surface area contributed by atoms with Crippen LogP contribution in [0, 0.1) is 0 Å². The highest BCUT2D eigenvalue weighted by Gasteiger charge is 2.34. The first-order valence-corrected chi connectivity index (χ1v) is 5.18. The molecule has 1 aliphatic heterocycles. The van der Waals surface area contributed by atoms with E-state index >= 15 is 0 Å². The van der Waals surface area contributed by atoms with E-state index in [4.69, 9.17) is 5.73 Å². The topological polar surface area (TPSA) is 62.4 Å². The molecule has 0 spiro atoms. The minimum absolute atomic E-state index is 0.594. The molecule has 1 saturated heterocycles. The van der Waals surface area contributed by atoms with Crippen molar-refractivity contribution in [2.45, 2.75) is 18.4 Å². The fourth-order valence-electron chi connectivity index (χ4n) is 2.14. The maximum absolute atomic E-state index is 10.3. The Hall–Kier alpha value is -1.13. The number of aliphatic hydroxyl groups is 1. The predicted molar refractivity (Wildman–Crippen MR) is 59.4 cm³/mol. The lowest BCUT2D eigenvalue weighted by molar-refractivity contribution is 0.0524. The molecular weight excluding hydrogens is 190 g/mol. The van der Waals surface area contributed by atoms with E-state index in [2.05, 4.69) is 9.88 Å². The quantitative estimate of drug-likeness (QED) is 0.731. The first-order chi connectivity index (χ1) is 7.09. The molecule has 0 aliphatic carbocycles. The number of aromatic nitrogens is 1. The summed E-state index contributed by atoms with van der Waals surface area (Å²) in [6.45, 7) is 1.65. The Labute approximate surface area is 89.7 Å². The van der Waals surface area contributed by atoms with Crippen LogP contribution in [-0.2, 0) is 6.42 Å². The van der Waals surface area contributed by atoms with Crippen LogP contribution in [0.15, 0.2) is 18.5 Å². The van der Waals surface area contributed by atoms with Crippen LogP contribution in [0.4, 0.5) is 5.69 Å². The average molecular weight is 207 g/mol. The van der Waals surface area contributed by atoms with Gasteiger partial charge < -0.3 is 15.7 Å². The average Bonchev–Trinajstić information content (AvgIpc) is 2.51. The lowest BCUT2D eigenvalue weighted by Crippen LogP contribution is -2.34. The fraction of sp³-hybridized carbons (Fsp3) is 0.545. The summed E-state index contributed by atoms with van der Waals surface area (Å²) in [5.74, 6) is 0. The summed E-state index contributed by atoms with van der Waals surface area (Å²) < 4.78 is 0. The highest BCUT2D eigenvalue weighted by Crippen LogP contribution is 2.26. The molecule has 1 unspecified atom stereocenters. The van der Waals surface area contributed by atoms with Gasteiger partial charge in [0.1, 0.15) is 0 Å². The van der Waals surface area contributed by atoms with E-state index in [-0.39, 0.29) is 0 Å². The summed E-state index contributed by atoms with van der Waals surface area (Å²) in [6.07, 6.45) is 4.81. The number of nitrogens with zero attached hydrogens (tertiary/aromatic N) is 2. The monoisotopic (exact) mass is 207 g/mol. The van der Waals surface area contributed by atoms with Crippen molar-refractivity contribution in [1.82, 2.24) is 9.88 Å². The van der Waals surface area contributed by atoms with Crippen LogP contribution < -0.4 is 5.73 Å². The zero-order valence-corrected chi connectivity index (χ0v) is 8.98. The molecule has 82 valence electrons. The van der Waals surface area contributed by atoms with E-state index in [1.807, 2.05) is 7.05 Å². The maximum Gasteiger partial charge on any atom is 0.0827 e. The second-order valence-electron chi connectivity index (χ2n) is 4.46. The van der Waals surface area contributed by atoms with Crippen LogP contribution in [-0.4, -0.2) is 40.7 Å². The molecule has 4 heteroatoms. The molecule has 0 aromatic carbocycles. The Kier molecular flexibility index (Phi) is 2.63. The Morgan fingerprint density at radius 1 is 1.67 bits per heavy atom. The Morgan fingerprint density at radius 3 is 3.07 bits per heavy atom. The third-order valence-electron chi connectivity index (χ3n) is 2.98. The van der Waals surface area contributed by atoms with Crippen LogP contribution in [0.5, 0.6) is 0 Å². The summed E-state index contributed by atoms with van der Waals surface area (Å²) in [6, 6.07) is 1.78. The van der Waals surface area contributed by atoms with E-state index in [0.717, 1.165) is 18.5 Å². The number of pyridine rings is 1. The summed E-state index contributed by atoms with van der Waals surface area (Å²) in [4.78, 5) is 6.16. The highest BCUT2D eigenvalue weighted by molar-refractivity contribution is 5.45. The summed E-state index contributed by atoms with van der Waals surface area (Å²) in [5.41, 5.74) is 6.85. The number of likely N-dealkylation sites (tertiary alicyclic amines) is 1. The molecule has 3 N–H and O–H groups in total. The SMILES string of the molecule is CN1CCC(O)(Cc2cnccc2N)C1. The van der Waals surface area contributed by atoms with Crippen molar-refractivity contribution in [3.05, 3.63) is 24.0 Å². The molecule has 4 nitrogen and oxygen atoms in total. The van der Waals surface area contributed by atoms with Gasteiger partial charge in [0.25, 0.3) is 0 Å². The van der Waals surface area contributed by atoms with Crippen molar-refractivity contribution < 1.29 is 5.11 Å². The first-order valence-electron chi connectivity index (χ1n) is 5.18. The van der Waals surface area contributed by atoms with Gasteiger partial charge in [-0.2, -0.15) is 0 Å². The smallest absolute Gasteiger partial charge is 0.0827 e. The van der Waals surface area contributed by atoms with Crippen LogP contribution in [0.25, 0.3) is 0 Å².